The van der Waals surface area contributed by atoms with Crippen LogP contribution >= 0.6 is 0 Å². The van der Waals surface area contributed by atoms with Crippen molar-refractivity contribution in [2.45, 2.75) is 76.5 Å². The monoisotopic (exact) mass is 904 g/mol. The molecule has 70 heavy (non-hydrogen) atoms. The van der Waals surface area contributed by atoms with Crippen LogP contribution in [0.1, 0.15) is 82.6 Å². The van der Waals surface area contributed by atoms with Gasteiger partial charge < -0.3 is 9.47 Å². The number of aromatic nitrogens is 1. The number of benzene rings is 8. The summed E-state index contributed by atoms with van der Waals surface area (Å²) < 4.78 is 2.41. The number of rotatable bonds is 8. The van der Waals surface area contributed by atoms with Gasteiger partial charge in [-0.3, -0.25) is 0 Å². The third kappa shape index (κ3) is 7.32. The summed E-state index contributed by atoms with van der Waals surface area (Å²) in [4.78, 5) is 2.56. The summed E-state index contributed by atoms with van der Waals surface area (Å²) in [5.41, 5.74) is 21.5. The number of anilines is 1. The smallest absolute Gasteiger partial charge is 0.0541 e. The lowest BCUT2D eigenvalue weighted by Gasteiger charge is -2.37. The summed E-state index contributed by atoms with van der Waals surface area (Å²) in [5.74, 6) is 0.348. The molecule has 0 radical (unpaired) electrons. The molecule has 0 bridgehead atoms. The van der Waals surface area contributed by atoms with Crippen LogP contribution in [-0.4, -0.2) is 4.57 Å². The highest BCUT2D eigenvalue weighted by molar-refractivity contribution is 6.09. The molecule has 1 aromatic heterocycles. The Kier molecular flexibility index (Phi) is 10.4. The van der Waals surface area contributed by atoms with E-state index in [9.17, 15) is 0 Å². The number of nitrogens with zero attached hydrogens (tertiary/aromatic N) is 2. The highest BCUT2D eigenvalue weighted by Crippen LogP contribution is 2.55. The molecule has 0 N–H and O–H groups in total. The van der Waals surface area contributed by atoms with Gasteiger partial charge in [0, 0.05) is 50.2 Å². The maximum Gasteiger partial charge on any atom is 0.0541 e. The zero-order valence-corrected chi connectivity index (χ0v) is 41.2. The van der Waals surface area contributed by atoms with Gasteiger partial charge in [-0.05, 0) is 123 Å². The molecule has 12 rings (SSSR count). The normalized spacial score (nSPS) is 18.3. The van der Waals surface area contributed by atoms with Gasteiger partial charge in [0.05, 0.1) is 16.7 Å². The predicted molar refractivity (Wildman–Crippen MR) is 297 cm³/mol. The molecule has 3 aliphatic rings. The first-order valence-corrected chi connectivity index (χ1v) is 25.2. The fraction of sp³-hybridized carbons (Fsp3) is 0.176. The molecule has 3 aliphatic carbocycles. The van der Waals surface area contributed by atoms with E-state index in [1.807, 2.05) is 0 Å². The molecule has 2 atom stereocenters. The van der Waals surface area contributed by atoms with Gasteiger partial charge in [-0.2, -0.15) is 0 Å². The molecule has 2 unspecified atom stereocenters. The van der Waals surface area contributed by atoms with E-state index in [-0.39, 0.29) is 16.2 Å². The van der Waals surface area contributed by atoms with Crippen molar-refractivity contribution in [2.24, 2.45) is 0 Å². The first-order valence-electron chi connectivity index (χ1n) is 25.2. The van der Waals surface area contributed by atoms with E-state index >= 15 is 0 Å². The summed E-state index contributed by atoms with van der Waals surface area (Å²) in [7, 11) is 0. The zero-order valence-electron chi connectivity index (χ0n) is 41.2. The van der Waals surface area contributed by atoms with Crippen molar-refractivity contribution in [1.29, 1.82) is 0 Å². The molecule has 0 saturated carbocycles. The van der Waals surface area contributed by atoms with Gasteiger partial charge in [-0.15, -0.1) is 0 Å². The SMILES string of the molecule is CC(C)(C)c1ccccc1-c1ccc(-c2ccccc2N(C2=CCC3C(=C2)C(C)(C)c2cc(-c4ccccc4)ccc23)C2=CCC(C)(c3ccc4c(c3)c3ccccc3n4-c3ccccc3)C=C2)cc1. The number of hydrogen-bond donors (Lipinski definition) is 0. The van der Waals surface area contributed by atoms with Crippen LogP contribution in [0.3, 0.4) is 0 Å². The molecule has 9 aromatic rings. The molecule has 0 aliphatic heterocycles. The summed E-state index contributed by atoms with van der Waals surface area (Å²) in [6, 6.07) is 71.9. The molecule has 1 heterocycles. The van der Waals surface area contributed by atoms with Crippen LogP contribution in [0.4, 0.5) is 5.69 Å². The minimum Gasteiger partial charge on any atom is -0.311 e. The number of allylic oxidation sites excluding steroid dienone is 6. The van der Waals surface area contributed by atoms with Crippen molar-refractivity contribution in [3.63, 3.8) is 0 Å². The van der Waals surface area contributed by atoms with Gasteiger partial charge in [0.25, 0.3) is 0 Å². The van der Waals surface area contributed by atoms with Gasteiger partial charge in [-0.25, -0.2) is 0 Å². The Morgan fingerprint density at radius 2 is 1.19 bits per heavy atom. The van der Waals surface area contributed by atoms with Gasteiger partial charge in [0.2, 0.25) is 0 Å². The van der Waals surface area contributed by atoms with Gasteiger partial charge in [-0.1, -0.05) is 217 Å². The van der Waals surface area contributed by atoms with E-state index in [2.05, 4.69) is 276 Å². The van der Waals surface area contributed by atoms with Crippen LogP contribution in [0.25, 0.3) is 60.9 Å². The molecule has 2 heteroatoms. The van der Waals surface area contributed by atoms with Crippen LogP contribution in [0, 0.1) is 0 Å². The predicted octanol–water partition coefficient (Wildman–Crippen LogP) is 18.0. The minimum absolute atomic E-state index is 0.0376. The summed E-state index contributed by atoms with van der Waals surface area (Å²) in [6.07, 6.45) is 14.2. The van der Waals surface area contributed by atoms with Gasteiger partial charge in [0.15, 0.2) is 0 Å². The topological polar surface area (TPSA) is 8.17 Å². The summed E-state index contributed by atoms with van der Waals surface area (Å²) >= 11 is 0. The number of para-hydroxylation sites is 3. The van der Waals surface area contributed by atoms with Crippen LogP contribution in [0.2, 0.25) is 0 Å². The Morgan fingerprint density at radius 3 is 1.93 bits per heavy atom. The minimum atomic E-state index is -0.200. The number of fused-ring (bicyclic) bond motifs is 6. The van der Waals surface area contributed by atoms with Crippen molar-refractivity contribution in [3.05, 3.63) is 264 Å². The lowest BCUT2D eigenvalue weighted by atomic mass is 9.76. The van der Waals surface area contributed by atoms with Gasteiger partial charge in [0.1, 0.15) is 0 Å². The van der Waals surface area contributed by atoms with Gasteiger partial charge >= 0.3 is 0 Å². The standard InChI is InChI=1S/C68H60N2/c1-66(2,3)60-26-16-13-23-54(60)47-29-31-48(32-30-47)55-24-14-17-27-63(55)69(53-35-37-57-56-36-33-49(46-19-9-7-10-20-46)43-61(56)67(4,5)62(57)45-53)52-39-41-68(6,42-40-52)50-34-38-65-59(44-50)58-25-15-18-28-64(58)70(65)51-21-11-8-12-22-51/h7-36,38-41,43-45,57H,37,42H2,1-6H3. The average Bonchev–Trinajstić information content (AvgIpc) is 3.84. The lowest BCUT2D eigenvalue weighted by molar-refractivity contribution is 0.592. The van der Waals surface area contributed by atoms with E-state index in [1.165, 1.54) is 106 Å². The average molecular weight is 905 g/mol. The Morgan fingerprint density at radius 1 is 0.543 bits per heavy atom. The Balaban J connectivity index is 0.946. The first-order chi connectivity index (χ1) is 34.0. The van der Waals surface area contributed by atoms with E-state index in [1.54, 1.807) is 0 Å². The lowest BCUT2D eigenvalue weighted by Crippen LogP contribution is -2.28. The molecule has 0 saturated heterocycles. The third-order valence-corrected chi connectivity index (χ3v) is 15.8. The van der Waals surface area contributed by atoms with Crippen molar-refractivity contribution >= 4 is 27.5 Å². The highest BCUT2D eigenvalue weighted by atomic mass is 15.2. The highest BCUT2D eigenvalue weighted by Gasteiger charge is 2.43. The molecule has 2 nitrogen and oxygen atoms in total. The van der Waals surface area contributed by atoms with Crippen molar-refractivity contribution in [1.82, 2.24) is 4.57 Å². The Labute approximate surface area is 414 Å². The molecule has 0 fully saturated rings. The fourth-order valence-corrected chi connectivity index (χ4v) is 12.0. The van der Waals surface area contributed by atoms with E-state index in [0.29, 0.717) is 5.92 Å². The second-order valence-electron chi connectivity index (χ2n) is 21.5. The molecule has 0 amide bonds. The first kappa shape index (κ1) is 43.6. The fourth-order valence-electron chi connectivity index (χ4n) is 12.0. The second kappa shape index (κ2) is 16.8. The molecule has 0 spiro atoms. The Hall–Kier alpha value is -7.68. The maximum atomic E-state index is 2.56. The van der Waals surface area contributed by atoms with Crippen LogP contribution in [0.15, 0.2) is 241 Å². The van der Waals surface area contributed by atoms with Crippen molar-refractivity contribution in [3.8, 4) is 39.1 Å². The summed E-state index contributed by atoms with van der Waals surface area (Å²) in [5, 5.41) is 2.57. The van der Waals surface area contributed by atoms with E-state index in [0.717, 1.165) is 12.8 Å². The van der Waals surface area contributed by atoms with Crippen LogP contribution in [0.5, 0.6) is 0 Å². The zero-order chi connectivity index (χ0) is 47.8. The van der Waals surface area contributed by atoms with Crippen LogP contribution in [-0.2, 0) is 16.2 Å². The van der Waals surface area contributed by atoms with Crippen LogP contribution < -0.4 is 4.90 Å². The second-order valence-corrected chi connectivity index (χ2v) is 21.5. The van der Waals surface area contributed by atoms with E-state index in [4.69, 9.17) is 0 Å². The summed E-state index contributed by atoms with van der Waals surface area (Å²) in [6.45, 7) is 14.2. The van der Waals surface area contributed by atoms with Crippen molar-refractivity contribution in [2.75, 3.05) is 4.90 Å². The van der Waals surface area contributed by atoms with E-state index < -0.39 is 0 Å². The van der Waals surface area contributed by atoms with Crippen molar-refractivity contribution < 1.29 is 0 Å². The third-order valence-electron chi connectivity index (χ3n) is 15.8. The molecular formula is C68H60N2. The Bertz CT molecular complexity index is 3610. The largest absolute Gasteiger partial charge is 0.311 e. The molecular weight excluding hydrogens is 845 g/mol. The molecule has 8 aromatic carbocycles. The quantitative estimate of drug-likeness (QED) is 0.147. The molecule has 342 valence electrons. The maximum absolute atomic E-state index is 2.56. The number of hydrogen-bond acceptors (Lipinski definition) is 1.